The number of carbonyl (C=O) groups is 2. The fourth-order valence-corrected chi connectivity index (χ4v) is 2.19. The lowest BCUT2D eigenvalue weighted by Gasteiger charge is -2.06. The fourth-order valence-electron chi connectivity index (χ4n) is 2.19. The van der Waals surface area contributed by atoms with Crippen LogP contribution in [0.1, 0.15) is 32.2 Å². The van der Waals surface area contributed by atoms with Crippen LogP contribution >= 0.6 is 0 Å². The number of hydrazine groups is 1. The number of nitrogens with zero attached hydrogens (tertiary/aromatic N) is 1. The highest BCUT2D eigenvalue weighted by Crippen LogP contribution is 2.13. The van der Waals surface area contributed by atoms with Gasteiger partial charge in [0.05, 0.1) is 11.6 Å². The first-order valence-corrected chi connectivity index (χ1v) is 8.03. The standard InChI is InChI=1S/C20H15N3O4/c21-12-14-6-8-15(9-7-14)19(24)22-23-20(25)18-11-10-17(27-18)13-26-16-4-2-1-3-5-16/h1-11H,13H2,(H,22,24)(H,23,25). The molecule has 2 N–H and O–H groups in total. The van der Waals surface area contributed by atoms with Crippen LogP contribution in [0, 0.1) is 11.3 Å². The molecule has 0 aliphatic rings. The van der Waals surface area contributed by atoms with E-state index in [0.717, 1.165) is 0 Å². The largest absolute Gasteiger partial charge is 0.486 e. The van der Waals surface area contributed by atoms with Gasteiger partial charge in [-0.25, -0.2) is 0 Å². The van der Waals surface area contributed by atoms with E-state index < -0.39 is 11.8 Å². The van der Waals surface area contributed by atoms with E-state index >= 15 is 0 Å². The van der Waals surface area contributed by atoms with Gasteiger partial charge in [0.2, 0.25) is 0 Å². The number of ether oxygens (including phenoxy) is 1. The normalized spacial score (nSPS) is 9.89. The Bertz CT molecular complexity index is 972. The molecule has 0 spiro atoms. The second-order valence-corrected chi connectivity index (χ2v) is 5.47. The van der Waals surface area contributed by atoms with Gasteiger partial charge in [0.1, 0.15) is 18.1 Å². The van der Waals surface area contributed by atoms with Crippen molar-refractivity contribution < 1.29 is 18.7 Å². The minimum atomic E-state index is -0.594. The Morgan fingerprint density at radius 2 is 1.63 bits per heavy atom. The molecule has 0 fully saturated rings. The highest BCUT2D eigenvalue weighted by molar-refractivity contribution is 5.98. The van der Waals surface area contributed by atoms with E-state index in [1.54, 1.807) is 6.07 Å². The molecule has 3 aromatic rings. The second kappa shape index (κ2) is 8.36. The van der Waals surface area contributed by atoms with Crippen LogP contribution in [0.25, 0.3) is 0 Å². The van der Waals surface area contributed by atoms with Crippen molar-refractivity contribution in [2.75, 3.05) is 0 Å². The molecule has 134 valence electrons. The lowest BCUT2D eigenvalue weighted by atomic mass is 10.1. The predicted octanol–water partition coefficient (Wildman–Crippen LogP) is 2.81. The van der Waals surface area contributed by atoms with Crippen LogP contribution in [-0.2, 0) is 6.61 Å². The highest BCUT2D eigenvalue weighted by atomic mass is 16.5. The maximum absolute atomic E-state index is 12.1. The topological polar surface area (TPSA) is 104 Å². The quantitative estimate of drug-likeness (QED) is 0.680. The maximum Gasteiger partial charge on any atom is 0.305 e. The van der Waals surface area contributed by atoms with Crippen molar-refractivity contribution >= 4 is 11.8 Å². The average molecular weight is 361 g/mol. The molecule has 0 aliphatic heterocycles. The van der Waals surface area contributed by atoms with Crippen LogP contribution in [0.15, 0.2) is 71.1 Å². The first-order chi connectivity index (χ1) is 13.2. The van der Waals surface area contributed by atoms with Gasteiger partial charge < -0.3 is 9.15 Å². The summed E-state index contributed by atoms with van der Waals surface area (Å²) in [5, 5.41) is 8.75. The summed E-state index contributed by atoms with van der Waals surface area (Å²) in [6.07, 6.45) is 0. The van der Waals surface area contributed by atoms with Gasteiger partial charge in [-0.2, -0.15) is 5.26 Å². The Morgan fingerprint density at radius 1 is 0.926 bits per heavy atom. The van der Waals surface area contributed by atoms with Gasteiger partial charge in [-0.15, -0.1) is 0 Å². The molecule has 0 aliphatic carbocycles. The summed E-state index contributed by atoms with van der Waals surface area (Å²) in [6, 6.07) is 20.3. The van der Waals surface area contributed by atoms with E-state index in [-0.39, 0.29) is 12.4 Å². The number of nitrogens with one attached hydrogen (secondary N) is 2. The Balaban J connectivity index is 1.51. The lowest BCUT2D eigenvalue weighted by Crippen LogP contribution is -2.41. The molecule has 0 saturated heterocycles. The second-order valence-electron chi connectivity index (χ2n) is 5.47. The molecule has 3 rings (SSSR count). The molecule has 27 heavy (non-hydrogen) atoms. The van der Waals surface area contributed by atoms with Crippen molar-refractivity contribution in [1.29, 1.82) is 5.26 Å². The summed E-state index contributed by atoms with van der Waals surface area (Å²) in [6.45, 7) is 0.175. The zero-order valence-corrected chi connectivity index (χ0v) is 14.1. The van der Waals surface area contributed by atoms with Crippen molar-refractivity contribution in [1.82, 2.24) is 10.9 Å². The molecule has 7 heteroatoms. The van der Waals surface area contributed by atoms with E-state index in [1.165, 1.54) is 30.3 Å². The van der Waals surface area contributed by atoms with Crippen LogP contribution < -0.4 is 15.6 Å². The van der Waals surface area contributed by atoms with Gasteiger partial charge >= 0.3 is 5.91 Å². The van der Waals surface area contributed by atoms with Crippen LogP contribution in [0.4, 0.5) is 0 Å². The number of nitriles is 1. The summed E-state index contributed by atoms with van der Waals surface area (Å²) in [5.74, 6) is 0.105. The summed E-state index contributed by atoms with van der Waals surface area (Å²) < 4.78 is 11.0. The van der Waals surface area contributed by atoms with Gasteiger partial charge in [-0.3, -0.25) is 20.4 Å². The molecule has 0 atom stereocenters. The Kier molecular flexibility index (Phi) is 5.50. The summed E-state index contributed by atoms with van der Waals surface area (Å²) in [7, 11) is 0. The summed E-state index contributed by atoms with van der Waals surface area (Å²) in [4.78, 5) is 24.1. The van der Waals surface area contributed by atoms with Gasteiger partial charge in [0, 0.05) is 5.56 Å². The smallest absolute Gasteiger partial charge is 0.305 e. The molecule has 0 saturated carbocycles. The van der Waals surface area contributed by atoms with Gasteiger partial charge in [-0.05, 0) is 48.5 Å². The Labute approximate surface area is 155 Å². The van der Waals surface area contributed by atoms with Crippen molar-refractivity contribution in [2.45, 2.75) is 6.61 Å². The van der Waals surface area contributed by atoms with E-state index in [4.69, 9.17) is 14.4 Å². The first-order valence-electron chi connectivity index (χ1n) is 8.03. The molecule has 0 unspecified atom stereocenters. The van der Waals surface area contributed by atoms with Crippen LogP contribution in [0.2, 0.25) is 0 Å². The molecule has 1 aromatic heterocycles. The first kappa shape index (κ1) is 17.8. The SMILES string of the molecule is N#Cc1ccc(C(=O)NNC(=O)c2ccc(COc3ccccc3)o2)cc1. The van der Waals surface area contributed by atoms with Crippen molar-refractivity contribution in [3.8, 4) is 11.8 Å². The van der Waals surface area contributed by atoms with E-state index in [0.29, 0.717) is 22.6 Å². The molecule has 1 heterocycles. The third kappa shape index (κ3) is 4.74. The molecule has 7 nitrogen and oxygen atoms in total. The van der Waals surface area contributed by atoms with Crippen molar-refractivity contribution in [3.05, 3.63) is 89.4 Å². The molecule has 0 radical (unpaired) electrons. The van der Waals surface area contributed by atoms with Crippen molar-refractivity contribution in [3.63, 3.8) is 0 Å². The van der Waals surface area contributed by atoms with Gasteiger partial charge in [-0.1, -0.05) is 18.2 Å². The molecular weight excluding hydrogens is 346 g/mol. The molecule has 2 amide bonds. The monoisotopic (exact) mass is 361 g/mol. The zero-order chi connectivity index (χ0) is 19.1. The minimum absolute atomic E-state index is 0.0433. The van der Waals surface area contributed by atoms with Crippen LogP contribution in [0.3, 0.4) is 0 Å². The third-order valence-electron chi connectivity index (χ3n) is 3.58. The summed E-state index contributed by atoms with van der Waals surface area (Å²) >= 11 is 0. The predicted molar refractivity (Wildman–Crippen MR) is 95.6 cm³/mol. The number of rotatable bonds is 5. The highest BCUT2D eigenvalue weighted by Gasteiger charge is 2.13. The van der Waals surface area contributed by atoms with E-state index in [1.807, 2.05) is 36.4 Å². The third-order valence-corrected chi connectivity index (χ3v) is 3.58. The Morgan fingerprint density at radius 3 is 2.33 bits per heavy atom. The fraction of sp³-hybridized carbons (Fsp3) is 0.0500. The number of para-hydroxylation sites is 1. The average Bonchev–Trinajstić information content (AvgIpc) is 3.20. The molecule has 2 aromatic carbocycles. The van der Waals surface area contributed by atoms with Crippen LogP contribution in [-0.4, -0.2) is 11.8 Å². The number of hydrogen-bond acceptors (Lipinski definition) is 5. The maximum atomic E-state index is 12.1. The zero-order valence-electron chi connectivity index (χ0n) is 14.1. The van der Waals surface area contributed by atoms with E-state index in [2.05, 4.69) is 10.9 Å². The Hall–Kier alpha value is -4.05. The lowest BCUT2D eigenvalue weighted by molar-refractivity contribution is 0.0828. The number of hydrogen-bond donors (Lipinski definition) is 2. The van der Waals surface area contributed by atoms with Crippen LogP contribution in [0.5, 0.6) is 5.75 Å². The molecular formula is C20H15N3O4. The molecule has 0 bridgehead atoms. The van der Waals surface area contributed by atoms with E-state index in [9.17, 15) is 9.59 Å². The number of furan rings is 1. The summed E-state index contributed by atoms with van der Waals surface area (Å²) in [5.41, 5.74) is 5.32. The van der Waals surface area contributed by atoms with Gasteiger partial charge in [0.25, 0.3) is 5.91 Å². The van der Waals surface area contributed by atoms with Crippen molar-refractivity contribution in [2.24, 2.45) is 0 Å². The number of carbonyl (C=O) groups excluding carboxylic acids is 2. The minimum Gasteiger partial charge on any atom is -0.486 e. The number of amides is 2. The number of benzene rings is 2. The van der Waals surface area contributed by atoms with Gasteiger partial charge in [0.15, 0.2) is 5.76 Å².